The summed E-state index contributed by atoms with van der Waals surface area (Å²) >= 11 is 0. The summed E-state index contributed by atoms with van der Waals surface area (Å²) in [5, 5.41) is 11.4. The molecule has 0 fully saturated rings. The standard InChI is InChI=1S/C21H30N6O3.HI/c1-3-22-21(23-12-15-5-7-17-18(11-15)30-10-4-9-29-17)24-16-6-8-20-25-19(14-28-2)26-27(20)13-16;/h5,7,11,16H,3-4,6,8-10,12-14H2,1-2H3,(H2,22,23,24);1H. The van der Waals surface area contributed by atoms with Crippen LogP contribution in [0.2, 0.25) is 0 Å². The van der Waals surface area contributed by atoms with Gasteiger partial charge in [0.1, 0.15) is 12.4 Å². The van der Waals surface area contributed by atoms with Crippen molar-refractivity contribution >= 4 is 29.9 Å². The van der Waals surface area contributed by atoms with Crippen molar-refractivity contribution in [1.29, 1.82) is 0 Å². The first-order valence-electron chi connectivity index (χ1n) is 10.6. The molecule has 1 unspecified atom stereocenters. The van der Waals surface area contributed by atoms with Crippen LogP contribution in [-0.4, -0.2) is 53.6 Å². The Kier molecular flexibility index (Phi) is 8.76. The van der Waals surface area contributed by atoms with E-state index in [-0.39, 0.29) is 30.0 Å². The summed E-state index contributed by atoms with van der Waals surface area (Å²) in [6, 6.07) is 6.28. The first-order valence-corrected chi connectivity index (χ1v) is 10.6. The van der Waals surface area contributed by atoms with E-state index in [2.05, 4.69) is 27.6 Å². The zero-order valence-corrected chi connectivity index (χ0v) is 20.4. The minimum atomic E-state index is 0. The molecule has 2 aromatic rings. The number of nitrogens with zero attached hydrogens (tertiary/aromatic N) is 4. The van der Waals surface area contributed by atoms with E-state index < -0.39 is 0 Å². The number of guanidine groups is 1. The van der Waals surface area contributed by atoms with E-state index >= 15 is 0 Å². The lowest BCUT2D eigenvalue weighted by Crippen LogP contribution is -2.47. The minimum Gasteiger partial charge on any atom is -0.490 e. The largest absolute Gasteiger partial charge is 0.490 e. The fourth-order valence-corrected chi connectivity index (χ4v) is 3.66. The van der Waals surface area contributed by atoms with Crippen molar-refractivity contribution in [2.24, 2.45) is 4.99 Å². The van der Waals surface area contributed by atoms with Gasteiger partial charge in [0, 0.05) is 32.5 Å². The van der Waals surface area contributed by atoms with Crippen molar-refractivity contribution < 1.29 is 14.2 Å². The highest BCUT2D eigenvalue weighted by Crippen LogP contribution is 2.30. The second kappa shape index (κ2) is 11.5. The Balaban J connectivity index is 0.00000272. The van der Waals surface area contributed by atoms with Crippen LogP contribution in [-0.2, 0) is 30.9 Å². The first-order chi connectivity index (χ1) is 14.7. The zero-order chi connectivity index (χ0) is 20.8. The number of hydrogen-bond acceptors (Lipinski definition) is 6. The fourth-order valence-electron chi connectivity index (χ4n) is 3.66. The molecule has 10 heteroatoms. The number of nitrogens with one attached hydrogen (secondary N) is 2. The maximum atomic E-state index is 5.79. The monoisotopic (exact) mass is 542 g/mol. The van der Waals surface area contributed by atoms with E-state index in [1.807, 2.05) is 22.9 Å². The first kappa shape index (κ1) is 23.6. The average molecular weight is 542 g/mol. The van der Waals surface area contributed by atoms with Crippen molar-refractivity contribution in [1.82, 2.24) is 25.4 Å². The molecule has 9 nitrogen and oxygen atoms in total. The quantitative estimate of drug-likeness (QED) is 0.329. The molecule has 0 bridgehead atoms. The molecule has 0 spiro atoms. The number of benzene rings is 1. The lowest BCUT2D eigenvalue weighted by molar-refractivity contribution is 0.177. The second-order valence-electron chi connectivity index (χ2n) is 7.47. The van der Waals surface area contributed by atoms with Crippen LogP contribution >= 0.6 is 24.0 Å². The molecule has 2 N–H and O–H groups in total. The zero-order valence-electron chi connectivity index (χ0n) is 18.1. The van der Waals surface area contributed by atoms with Crippen molar-refractivity contribution in [3.63, 3.8) is 0 Å². The highest BCUT2D eigenvalue weighted by atomic mass is 127. The summed E-state index contributed by atoms with van der Waals surface area (Å²) in [5.74, 6) is 4.17. The summed E-state index contributed by atoms with van der Waals surface area (Å²) in [6.07, 6.45) is 2.77. The molecular weight excluding hydrogens is 511 g/mol. The van der Waals surface area contributed by atoms with Crippen LogP contribution in [0.25, 0.3) is 0 Å². The van der Waals surface area contributed by atoms with E-state index in [9.17, 15) is 0 Å². The van der Waals surface area contributed by atoms with Crippen LogP contribution in [0.5, 0.6) is 11.5 Å². The Labute approximate surface area is 200 Å². The highest BCUT2D eigenvalue weighted by molar-refractivity contribution is 14.0. The molecule has 0 saturated heterocycles. The van der Waals surface area contributed by atoms with Crippen molar-refractivity contribution in [3.05, 3.63) is 35.4 Å². The summed E-state index contributed by atoms with van der Waals surface area (Å²) in [7, 11) is 1.66. The Morgan fingerprint density at radius 2 is 2.13 bits per heavy atom. The van der Waals surface area contributed by atoms with Crippen LogP contribution in [0.3, 0.4) is 0 Å². The molecule has 1 aromatic heterocycles. The van der Waals surface area contributed by atoms with Gasteiger partial charge in [-0.1, -0.05) is 6.07 Å². The molecule has 2 aliphatic rings. The number of aryl methyl sites for hydroxylation is 1. The maximum Gasteiger partial charge on any atom is 0.191 e. The Bertz CT molecular complexity index is 888. The predicted molar refractivity (Wildman–Crippen MR) is 128 cm³/mol. The fraction of sp³-hybridized carbons (Fsp3) is 0.571. The Hall–Kier alpha value is -2.08. The van der Waals surface area contributed by atoms with Gasteiger partial charge >= 0.3 is 0 Å². The topological polar surface area (TPSA) is 94.8 Å². The van der Waals surface area contributed by atoms with Gasteiger partial charge in [-0.3, -0.25) is 0 Å². The summed E-state index contributed by atoms with van der Waals surface area (Å²) in [5.41, 5.74) is 1.09. The van der Waals surface area contributed by atoms with Gasteiger partial charge < -0.3 is 24.8 Å². The van der Waals surface area contributed by atoms with Crippen molar-refractivity contribution in [2.75, 3.05) is 26.9 Å². The minimum absolute atomic E-state index is 0. The number of halogens is 1. The maximum absolute atomic E-state index is 5.79. The summed E-state index contributed by atoms with van der Waals surface area (Å²) < 4.78 is 18.6. The number of fused-ring (bicyclic) bond motifs is 2. The van der Waals surface area contributed by atoms with Gasteiger partial charge in [-0.2, -0.15) is 5.10 Å². The normalized spacial score (nSPS) is 17.9. The number of methoxy groups -OCH3 is 1. The van der Waals surface area contributed by atoms with Crippen molar-refractivity contribution in [2.45, 2.75) is 51.9 Å². The van der Waals surface area contributed by atoms with Crippen molar-refractivity contribution in [3.8, 4) is 11.5 Å². The number of aromatic nitrogens is 3. The van der Waals surface area contributed by atoms with Crippen LogP contribution in [0.4, 0.5) is 0 Å². The average Bonchev–Trinajstić information content (AvgIpc) is 2.99. The molecule has 31 heavy (non-hydrogen) atoms. The molecule has 0 saturated carbocycles. The van der Waals surface area contributed by atoms with Crippen LogP contribution < -0.4 is 20.1 Å². The number of ether oxygens (including phenoxy) is 3. The molecule has 0 aliphatic carbocycles. The third-order valence-electron chi connectivity index (χ3n) is 5.09. The molecule has 0 amide bonds. The molecule has 3 heterocycles. The van der Waals surface area contributed by atoms with E-state index in [0.29, 0.717) is 26.4 Å². The predicted octanol–water partition coefficient (Wildman–Crippen LogP) is 2.27. The van der Waals surface area contributed by atoms with Crippen LogP contribution in [0.1, 0.15) is 37.0 Å². The molecule has 1 atom stereocenters. The third-order valence-corrected chi connectivity index (χ3v) is 5.09. The number of rotatable bonds is 6. The second-order valence-corrected chi connectivity index (χ2v) is 7.47. The smallest absolute Gasteiger partial charge is 0.191 e. The Morgan fingerprint density at radius 1 is 1.29 bits per heavy atom. The van der Waals surface area contributed by atoms with E-state index in [1.165, 1.54) is 0 Å². The Morgan fingerprint density at radius 3 is 2.94 bits per heavy atom. The van der Waals surface area contributed by atoms with Gasteiger partial charge in [0.05, 0.1) is 26.3 Å². The van der Waals surface area contributed by atoms with Gasteiger partial charge in [-0.05, 0) is 31.0 Å². The van der Waals surface area contributed by atoms with Gasteiger partial charge in [0.25, 0.3) is 0 Å². The van der Waals surface area contributed by atoms with Gasteiger partial charge in [0.2, 0.25) is 0 Å². The molecule has 0 radical (unpaired) electrons. The molecule has 4 rings (SSSR count). The molecule has 170 valence electrons. The molecule has 1 aromatic carbocycles. The van der Waals surface area contributed by atoms with E-state index in [4.69, 9.17) is 19.2 Å². The van der Waals surface area contributed by atoms with Gasteiger partial charge in [0.15, 0.2) is 23.3 Å². The summed E-state index contributed by atoms with van der Waals surface area (Å²) in [6.45, 7) is 6.01. The van der Waals surface area contributed by atoms with E-state index in [0.717, 1.165) is 67.0 Å². The lowest BCUT2D eigenvalue weighted by Gasteiger charge is -2.25. The molecular formula is C21H31IN6O3. The third kappa shape index (κ3) is 6.22. The SMILES string of the molecule is CCNC(=NCc1ccc2c(c1)OCCCO2)NC1CCc2nc(COC)nn2C1.I. The van der Waals surface area contributed by atoms with Crippen LogP contribution in [0, 0.1) is 0 Å². The lowest BCUT2D eigenvalue weighted by atomic mass is 10.1. The van der Waals surface area contributed by atoms with Crippen LogP contribution in [0.15, 0.2) is 23.2 Å². The number of aliphatic imine (C=N–C) groups is 1. The van der Waals surface area contributed by atoms with E-state index in [1.54, 1.807) is 7.11 Å². The van der Waals surface area contributed by atoms with Gasteiger partial charge in [-0.25, -0.2) is 14.7 Å². The summed E-state index contributed by atoms with van der Waals surface area (Å²) in [4.78, 5) is 9.31. The van der Waals surface area contributed by atoms with Gasteiger partial charge in [-0.15, -0.1) is 24.0 Å². The highest BCUT2D eigenvalue weighted by Gasteiger charge is 2.22. The molecule has 2 aliphatic heterocycles. The number of hydrogen-bond donors (Lipinski definition) is 2.